The van der Waals surface area contributed by atoms with Gasteiger partial charge in [-0.1, -0.05) is 23.4 Å². The van der Waals surface area contributed by atoms with Crippen LogP contribution in [0.25, 0.3) is 0 Å². The Bertz CT molecular complexity index is 877. The van der Waals surface area contributed by atoms with Crippen molar-refractivity contribution in [3.63, 3.8) is 0 Å². The zero-order valence-electron chi connectivity index (χ0n) is 16.1. The van der Waals surface area contributed by atoms with E-state index in [1.807, 2.05) is 18.2 Å². The topological polar surface area (TPSA) is 52.5 Å². The number of fused-ring (bicyclic) bond motifs is 1. The molecule has 0 unspecified atom stereocenters. The molecule has 0 aliphatic carbocycles. The molecule has 0 spiro atoms. The molecule has 148 valence electrons. The number of halogens is 1. The molecule has 6 nitrogen and oxygen atoms in total. The highest BCUT2D eigenvalue weighted by Gasteiger charge is 2.43. The first-order chi connectivity index (χ1) is 13.6. The predicted octanol–water partition coefficient (Wildman–Crippen LogP) is 3.09. The van der Waals surface area contributed by atoms with E-state index in [0.717, 1.165) is 18.7 Å². The minimum atomic E-state index is -0.270. The molecule has 0 N–H and O–H groups in total. The molecule has 2 atom stereocenters. The Morgan fingerprint density at radius 2 is 1.79 bits per heavy atom. The van der Waals surface area contributed by atoms with Gasteiger partial charge in [0.05, 0.1) is 33.0 Å². The maximum Gasteiger partial charge on any atom is 0.203 e. The summed E-state index contributed by atoms with van der Waals surface area (Å²) in [5, 5.41) is 4.16. The molecule has 2 aromatic rings. The maximum absolute atomic E-state index is 14.2. The average Bonchev–Trinajstić information content (AvgIpc) is 3.27. The molecule has 28 heavy (non-hydrogen) atoms. The molecule has 0 saturated carbocycles. The second kappa shape index (κ2) is 7.67. The summed E-state index contributed by atoms with van der Waals surface area (Å²) in [6, 6.07) is 10.6. The van der Waals surface area contributed by atoms with Gasteiger partial charge in [0.1, 0.15) is 11.9 Å². The number of hydrogen-bond donors (Lipinski definition) is 0. The van der Waals surface area contributed by atoms with Crippen molar-refractivity contribution in [3.8, 4) is 17.2 Å². The van der Waals surface area contributed by atoms with Crippen LogP contribution in [0.15, 0.2) is 41.6 Å². The summed E-state index contributed by atoms with van der Waals surface area (Å²) >= 11 is 0. The van der Waals surface area contributed by atoms with Crippen LogP contribution < -0.4 is 14.2 Å². The zero-order valence-corrected chi connectivity index (χ0v) is 16.1. The average molecular weight is 386 g/mol. The Balaban J connectivity index is 1.52. The van der Waals surface area contributed by atoms with E-state index in [2.05, 4.69) is 10.1 Å². The molecule has 2 aliphatic rings. The van der Waals surface area contributed by atoms with E-state index in [0.29, 0.717) is 35.1 Å². The summed E-state index contributed by atoms with van der Waals surface area (Å²) < 4.78 is 30.4. The predicted molar refractivity (Wildman–Crippen MR) is 103 cm³/mol. The number of oxime groups is 1. The van der Waals surface area contributed by atoms with Gasteiger partial charge in [-0.25, -0.2) is 4.39 Å². The SMILES string of the molecule is COc1cc(CN2C[C@H]3ON=C(c4ccccc4F)[C@@H]3C2)cc(OC)c1OC. The van der Waals surface area contributed by atoms with Crippen molar-refractivity contribution in [3.05, 3.63) is 53.3 Å². The van der Waals surface area contributed by atoms with Gasteiger partial charge in [0.2, 0.25) is 5.75 Å². The van der Waals surface area contributed by atoms with Crippen LogP contribution in [0.5, 0.6) is 17.2 Å². The van der Waals surface area contributed by atoms with Gasteiger partial charge in [0, 0.05) is 25.2 Å². The van der Waals surface area contributed by atoms with Gasteiger partial charge in [0.15, 0.2) is 11.5 Å². The van der Waals surface area contributed by atoms with Gasteiger partial charge in [-0.3, -0.25) is 4.90 Å². The third kappa shape index (κ3) is 3.26. The fourth-order valence-electron chi connectivity index (χ4n) is 3.95. The summed E-state index contributed by atoms with van der Waals surface area (Å²) in [5.74, 6) is 1.61. The minimum Gasteiger partial charge on any atom is -0.493 e. The largest absolute Gasteiger partial charge is 0.493 e. The van der Waals surface area contributed by atoms with Gasteiger partial charge in [-0.05, 0) is 23.8 Å². The van der Waals surface area contributed by atoms with E-state index in [1.165, 1.54) is 6.07 Å². The lowest BCUT2D eigenvalue weighted by molar-refractivity contribution is 0.0745. The van der Waals surface area contributed by atoms with E-state index in [1.54, 1.807) is 33.5 Å². The van der Waals surface area contributed by atoms with Crippen molar-refractivity contribution < 1.29 is 23.4 Å². The number of hydrogen-bond acceptors (Lipinski definition) is 6. The van der Waals surface area contributed by atoms with Crippen LogP contribution in [0.3, 0.4) is 0 Å². The first-order valence-corrected chi connectivity index (χ1v) is 9.14. The number of nitrogens with zero attached hydrogens (tertiary/aromatic N) is 2. The molecule has 2 aliphatic heterocycles. The van der Waals surface area contributed by atoms with Crippen LogP contribution in [0, 0.1) is 11.7 Å². The monoisotopic (exact) mass is 386 g/mol. The lowest BCUT2D eigenvalue weighted by Crippen LogP contribution is -2.23. The second-order valence-corrected chi connectivity index (χ2v) is 6.93. The Morgan fingerprint density at radius 1 is 1.07 bits per heavy atom. The summed E-state index contributed by atoms with van der Waals surface area (Å²) in [7, 11) is 4.79. The van der Waals surface area contributed by atoms with E-state index in [4.69, 9.17) is 19.0 Å². The molecule has 0 amide bonds. The fraction of sp³-hybridized carbons (Fsp3) is 0.381. The molecule has 2 aromatic carbocycles. The molecule has 7 heteroatoms. The molecular formula is C21H23FN2O4. The molecule has 1 fully saturated rings. The quantitative estimate of drug-likeness (QED) is 0.764. The number of methoxy groups -OCH3 is 3. The Kier molecular flexibility index (Phi) is 5.09. The summed E-state index contributed by atoms with van der Waals surface area (Å²) in [6.07, 6.45) is -0.0587. The molecular weight excluding hydrogens is 363 g/mol. The summed E-state index contributed by atoms with van der Waals surface area (Å²) in [4.78, 5) is 7.87. The van der Waals surface area contributed by atoms with Crippen LogP contribution in [0.4, 0.5) is 4.39 Å². The third-order valence-electron chi connectivity index (χ3n) is 5.26. The van der Waals surface area contributed by atoms with Crippen molar-refractivity contribution in [2.45, 2.75) is 12.6 Å². The van der Waals surface area contributed by atoms with Crippen LogP contribution in [0.2, 0.25) is 0 Å². The Hall–Kier alpha value is -2.80. The summed E-state index contributed by atoms with van der Waals surface area (Å²) in [5.41, 5.74) is 2.25. The van der Waals surface area contributed by atoms with Gasteiger partial charge >= 0.3 is 0 Å². The van der Waals surface area contributed by atoms with Gasteiger partial charge in [0.25, 0.3) is 0 Å². The molecule has 0 aromatic heterocycles. The smallest absolute Gasteiger partial charge is 0.203 e. The van der Waals surface area contributed by atoms with Crippen molar-refractivity contribution in [1.82, 2.24) is 4.90 Å². The highest BCUT2D eigenvalue weighted by atomic mass is 19.1. The first-order valence-electron chi connectivity index (χ1n) is 9.14. The van der Waals surface area contributed by atoms with Crippen LogP contribution in [-0.2, 0) is 11.4 Å². The molecule has 1 saturated heterocycles. The highest BCUT2D eigenvalue weighted by Crippen LogP contribution is 2.39. The maximum atomic E-state index is 14.2. The Labute approximate surface area is 163 Å². The van der Waals surface area contributed by atoms with Crippen LogP contribution >= 0.6 is 0 Å². The lowest BCUT2D eigenvalue weighted by Gasteiger charge is -2.19. The van der Waals surface area contributed by atoms with Crippen molar-refractivity contribution in [2.24, 2.45) is 11.1 Å². The van der Waals surface area contributed by atoms with Gasteiger partial charge in [-0.2, -0.15) is 0 Å². The Morgan fingerprint density at radius 3 is 2.43 bits per heavy atom. The van der Waals surface area contributed by atoms with Gasteiger partial charge in [-0.15, -0.1) is 0 Å². The fourth-order valence-corrected chi connectivity index (χ4v) is 3.95. The number of benzene rings is 2. The van der Waals surface area contributed by atoms with E-state index in [9.17, 15) is 4.39 Å². The second-order valence-electron chi connectivity index (χ2n) is 6.93. The summed E-state index contributed by atoms with van der Waals surface area (Å²) in [6.45, 7) is 2.16. The van der Waals surface area contributed by atoms with E-state index in [-0.39, 0.29) is 17.8 Å². The van der Waals surface area contributed by atoms with Crippen LogP contribution in [-0.4, -0.2) is 51.1 Å². The van der Waals surface area contributed by atoms with E-state index >= 15 is 0 Å². The number of rotatable bonds is 6. The molecule has 4 rings (SSSR count). The first kappa shape index (κ1) is 18.6. The standard InChI is InChI=1S/C21H23FN2O4/c1-25-17-8-13(9-18(26-2)21(17)27-3)10-24-11-15-19(12-24)28-23-20(15)14-6-4-5-7-16(14)22/h4-9,15,19H,10-12H2,1-3H3/t15-,19-/m1/s1. The van der Waals surface area contributed by atoms with Gasteiger partial charge < -0.3 is 19.0 Å². The number of ether oxygens (including phenoxy) is 3. The molecule has 0 bridgehead atoms. The van der Waals surface area contributed by atoms with Crippen molar-refractivity contribution in [1.29, 1.82) is 0 Å². The molecule has 0 radical (unpaired) electrons. The zero-order chi connectivity index (χ0) is 19.7. The molecule has 2 heterocycles. The lowest BCUT2D eigenvalue weighted by atomic mass is 9.94. The third-order valence-corrected chi connectivity index (χ3v) is 5.26. The van der Waals surface area contributed by atoms with E-state index < -0.39 is 0 Å². The highest BCUT2D eigenvalue weighted by molar-refractivity contribution is 6.03. The van der Waals surface area contributed by atoms with Crippen molar-refractivity contribution >= 4 is 5.71 Å². The minimum absolute atomic E-state index is 0.0546. The normalized spacial score (nSPS) is 21.1. The van der Waals surface area contributed by atoms with Crippen molar-refractivity contribution in [2.75, 3.05) is 34.4 Å². The number of likely N-dealkylation sites (tertiary alicyclic amines) is 1. The van der Waals surface area contributed by atoms with Crippen LogP contribution in [0.1, 0.15) is 11.1 Å².